The van der Waals surface area contributed by atoms with Crippen molar-refractivity contribution in [2.45, 2.75) is 63.2 Å². The molecule has 4 amide bonds. The number of carbonyl (C=O) groups is 3. The third-order valence-electron chi connectivity index (χ3n) is 11.3. The summed E-state index contributed by atoms with van der Waals surface area (Å²) in [6, 6.07) is 15.2. The van der Waals surface area contributed by atoms with Crippen LogP contribution in [0.15, 0.2) is 73.2 Å². The molecule has 2 N–H and O–H groups in total. The molecule has 286 valence electrons. The number of hydrogen-bond acceptors (Lipinski definition) is 8. The molecule has 15 heteroatoms. The number of aromatic nitrogens is 4. The van der Waals surface area contributed by atoms with Gasteiger partial charge in [-0.05, 0) is 94.0 Å². The van der Waals surface area contributed by atoms with Crippen LogP contribution in [0.3, 0.4) is 0 Å². The van der Waals surface area contributed by atoms with Crippen molar-refractivity contribution in [2.75, 3.05) is 48.3 Å². The molecule has 0 atom stereocenters. The molecule has 2 aromatic carbocycles. The zero-order chi connectivity index (χ0) is 38.3. The highest BCUT2D eigenvalue weighted by Crippen LogP contribution is 2.35. The Morgan fingerprint density at radius 3 is 2.51 bits per heavy atom. The fraction of sp³-hybridized carbons (Fsp3) is 0.400. The lowest BCUT2D eigenvalue weighted by Gasteiger charge is -2.40. The zero-order valence-corrected chi connectivity index (χ0v) is 30.4. The Kier molecular flexibility index (Phi) is 9.88. The third kappa shape index (κ3) is 7.84. The number of urea groups is 1. The minimum Gasteiger partial charge on any atom is -0.371 e. The maximum Gasteiger partial charge on any atom is 0.433 e. The molecule has 2 saturated heterocycles. The van der Waals surface area contributed by atoms with Crippen molar-refractivity contribution in [3.63, 3.8) is 0 Å². The van der Waals surface area contributed by atoms with Gasteiger partial charge >= 0.3 is 12.2 Å². The largest absolute Gasteiger partial charge is 0.433 e. The van der Waals surface area contributed by atoms with E-state index in [-0.39, 0.29) is 24.1 Å². The highest BCUT2D eigenvalue weighted by Gasteiger charge is 2.33. The maximum atomic E-state index is 13.1. The minimum absolute atomic E-state index is 0.260. The minimum atomic E-state index is -4.63. The standard InChI is InChI=1S/C40H42F3N9O3/c1-49(29-13-16-50(17-14-29)31-10-11-32-26(20-31)21-44-22-35(32)51-18-15-37(53)47-39(51)55)23-25-5-8-30(9-6-25)52-24-27-19-28(7-12-33(27)48-52)45-38(54)34-3-2-4-36(46-34)40(41,42)43/h2-4,7,10-12,19-22,24-25,29-30H,5-6,8-9,13-18,23H2,1H3,(H,45,54)(H,47,53,55). The number of anilines is 3. The zero-order valence-electron chi connectivity index (χ0n) is 30.4. The molecular formula is C40H42F3N9O3. The van der Waals surface area contributed by atoms with Crippen molar-refractivity contribution in [2.24, 2.45) is 5.92 Å². The van der Waals surface area contributed by atoms with E-state index in [1.165, 1.54) is 12.1 Å². The van der Waals surface area contributed by atoms with E-state index < -0.39 is 23.8 Å². The van der Waals surface area contributed by atoms with Crippen LogP contribution in [0.25, 0.3) is 21.7 Å². The molecule has 55 heavy (non-hydrogen) atoms. The summed E-state index contributed by atoms with van der Waals surface area (Å²) in [5, 5.41) is 12.6. The number of piperidine rings is 1. The lowest BCUT2D eigenvalue weighted by Crippen LogP contribution is -2.49. The summed E-state index contributed by atoms with van der Waals surface area (Å²) in [4.78, 5) is 51.3. The number of rotatable bonds is 8. The van der Waals surface area contributed by atoms with Gasteiger partial charge in [-0.1, -0.05) is 12.1 Å². The average Bonchev–Trinajstić information content (AvgIpc) is 3.61. The van der Waals surface area contributed by atoms with E-state index in [1.54, 1.807) is 23.2 Å². The van der Waals surface area contributed by atoms with Crippen LogP contribution in [0.5, 0.6) is 0 Å². The van der Waals surface area contributed by atoms with Gasteiger partial charge in [0.25, 0.3) is 5.91 Å². The Hall–Kier alpha value is -5.57. The normalized spacial score (nSPS) is 20.0. The van der Waals surface area contributed by atoms with Crippen molar-refractivity contribution in [3.8, 4) is 0 Å². The Bertz CT molecular complexity index is 2240. The quantitative estimate of drug-likeness (QED) is 0.173. The average molecular weight is 754 g/mol. The van der Waals surface area contributed by atoms with Crippen LogP contribution in [0.1, 0.15) is 67.2 Å². The van der Waals surface area contributed by atoms with Crippen LogP contribution in [-0.2, 0) is 11.0 Å². The predicted molar refractivity (Wildman–Crippen MR) is 203 cm³/mol. The number of hydrogen-bond donors (Lipinski definition) is 2. The Morgan fingerprint density at radius 2 is 1.75 bits per heavy atom. The second-order valence-corrected chi connectivity index (χ2v) is 14.9. The summed E-state index contributed by atoms with van der Waals surface area (Å²) in [6.07, 6.45) is 7.53. The van der Waals surface area contributed by atoms with Gasteiger partial charge in [-0.3, -0.25) is 29.5 Å². The lowest BCUT2D eigenvalue weighted by atomic mass is 9.85. The molecule has 0 spiro atoms. The van der Waals surface area contributed by atoms with E-state index in [0.29, 0.717) is 29.9 Å². The summed E-state index contributed by atoms with van der Waals surface area (Å²) in [6.45, 7) is 3.30. The monoisotopic (exact) mass is 753 g/mol. The lowest BCUT2D eigenvalue weighted by molar-refractivity contribution is -0.141. The van der Waals surface area contributed by atoms with Crippen molar-refractivity contribution in [3.05, 3.63) is 84.6 Å². The molecule has 3 aliphatic rings. The smallest absolute Gasteiger partial charge is 0.371 e. The Balaban J connectivity index is 0.819. The summed E-state index contributed by atoms with van der Waals surface area (Å²) in [5.74, 6) is -0.362. The molecule has 0 radical (unpaired) electrons. The first-order valence-electron chi connectivity index (χ1n) is 18.8. The molecule has 8 rings (SSSR count). The highest BCUT2D eigenvalue weighted by molar-refractivity contribution is 6.10. The topological polar surface area (TPSA) is 129 Å². The molecule has 3 aromatic heterocycles. The van der Waals surface area contributed by atoms with Gasteiger partial charge in [0.05, 0.1) is 23.4 Å². The fourth-order valence-corrected chi connectivity index (χ4v) is 8.29. The van der Waals surface area contributed by atoms with Crippen LogP contribution in [-0.4, -0.2) is 81.8 Å². The Morgan fingerprint density at radius 1 is 0.945 bits per heavy atom. The molecule has 5 aromatic rings. The number of alkyl halides is 3. The predicted octanol–water partition coefficient (Wildman–Crippen LogP) is 7.03. The fourth-order valence-electron chi connectivity index (χ4n) is 8.29. The number of amides is 4. The molecule has 5 heterocycles. The summed E-state index contributed by atoms with van der Waals surface area (Å²) in [7, 11) is 2.25. The number of carbonyl (C=O) groups excluding carboxylic acids is 3. The Labute approximate surface area is 315 Å². The number of fused-ring (bicyclic) bond motifs is 2. The first-order chi connectivity index (χ1) is 26.5. The molecule has 12 nitrogen and oxygen atoms in total. The second-order valence-electron chi connectivity index (χ2n) is 14.9. The van der Waals surface area contributed by atoms with Crippen molar-refractivity contribution >= 4 is 56.6 Å². The van der Waals surface area contributed by atoms with Crippen molar-refractivity contribution in [1.29, 1.82) is 0 Å². The van der Waals surface area contributed by atoms with Crippen LogP contribution in [0.2, 0.25) is 0 Å². The van der Waals surface area contributed by atoms with Gasteiger partial charge in [-0.15, -0.1) is 0 Å². The number of imide groups is 1. The van der Waals surface area contributed by atoms with Gasteiger partial charge < -0.3 is 15.1 Å². The van der Waals surface area contributed by atoms with Crippen LogP contribution in [0, 0.1) is 5.92 Å². The van der Waals surface area contributed by atoms with E-state index in [4.69, 9.17) is 5.10 Å². The molecule has 2 aliphatic heterocycles. The van der Waals surface area contributed by atoms with E-state index in [1.807, 2.05) is 23.1 Å². The van der Waals surface area contributed by atoms with Gasteiger partial charge in [0.15, 0.2) is 0 Å². The third-order valence-corrected chi connectivity index (χ3v) is 11.3. The second kappa shape index (κ2) is 14.9. The number of halogens is 3. The molecule has 1 saturated carbocycles. The van der Waals surface area contributed by atoms with Crippen LogP contribution < -0.4 is 20.4 Å². The molecule has 0 unspecified atom stereocenters. The number of pyridine rings is 2. The molecule has 1 aliphatic carbocycles. The van der Waals surface area contributed by atoms with Gasteiger partial charge in [-0.25, -0.2) is 9.78 Å². The summed E-state index contributed by atoms with van der Waals surface area (Å²) >= 11 is 0. The molecule has 0 bridgehead atoms. The van der Waals surface area contributed by atoms with Gasteiger partial charge in [0, 0.05) is 78.6 Å². The van der Waals surface area contributed by atoms with E-state index >= 15 is 0 Å². The number of nitrogens with zero attached hydrogens (tertiary/aromatic N) is 7. The van der Waals surface area contributed by atoms with E-state index in [0.717, 1.165) is 91.6 Å². The van der Waals surface area contributed by atoms with Gasteiger partial charge in [-0.2, -0.15) is 18.3 Å². The SMILES string of the molecule is CN(CC1CCC(n2cc3cc(NC(=O)c4cccc(C(F)(F)F)n4)ccc3n2)CC1)C1CCN(c2ccc3c(N4CCC(=O)NC4=O)cncc3c2)CC1. The van der Waals surface area contributed by atoms with Crippen molar-refractivity contribution < 1.29 is 27.6 Å². The van der Waals surface area contributed by atoms with E-state index in [9.17, 15) is 27.6 Å². The first-order valence-corrected chi connectivity index (χ1v) is 18.8. The number of benzene rings is 2. The van der Waals surface area contributed by atoms with Gasteiger partial charge in [0.1, 0.15) is 11.4 Å². The van der Waals surface area contributed by atoms with Crippen molar-refractivity contribution in [1.82, 2.24) is 30.0 Å². The molecular weight excluding hydrogens is 711 g/mol. The van der Waals surface area contributed by atoms with Crippen LogP contribution in [0.4, 0.5) is 35.0 Å². The highest BCUT2D eigenvalue weighted by atomic mass is 19.4. The maximum absolute atomic E-state index is 13.1. The summed E-state index contributed by atoms with van der Waals surface area (Å²) in [5.41, 5.74) is 1.68. The first kappa shape index (κ1) is 36.4. The van der Waals surface area contributed by atoms with Crippen LogP contribution >= 0.6 is 0 Å². The van der Waals surface area contributed by atoms with Gasteiger partial charge in [0.2, 0.25) is 5.91 Å². The number of nitrogens with one attached hydrogen (secondary N) is 2. The summed E-state index contributed by atoms with van der Waals surface area (Å²) < 4.78 is 41.2. The van der Waals surface area contributed by atoms with E-state index in [2.05, 4.69) is 55.6 Å². The molecule has 3 fully saturated rings.